The van der Waals surface area contributed by atoms with E-state index in [1.165, 1.54) is 18.7 Å². The number of aromatic nitrogens is 3. The molecule has 0 unspecified atom stereocenters. The molecule has 0 saturated carbocycles. The van der Waals surface area contributed by atoms with Crippen molar-refractivity contribution in [2.24, 2.45) is 5.10 Å². The molecule has 2 aromatic carbocycles. The van der Waals surface area contributed by atoms with Crippen LogP contribution in [-0.4, -0.2) is 44.5 Å². The van der Waals surface area contributed by atoms with Crippen molar-refractivity contribution >= 4 is 45.7 Å². The number of benzene rings is 2. The molecule has 0 bridgehead atoms. The Morgan fingerprint density at radius 3 is 2.45 bits per heavy atom. The SMILES string of the molecule is Oc1cc(O)c(C=NNc2nc(Nc3ccccc3)nc(N3CCCCC3)n2)cc1Br. The van der Waals surface area contributed by atoms with Crippen LogP contribution in [0.15, 0.2) is 52.0 Å². The quantitative estimate of drug-likeness (QED) is 0.303. The molecule has 10 heteroatoms. The average molecular weight is 484 g/mol. The summed E-state index contributed by atoms with van der Waals surface area (Å²) in [6.07, 6.45) is 4.83. The summed E-state index contributed by atoms with van der Waals surface area (Å²) < 4.78 is 0.452. The van der Waals surface area contributed by atoms with Crippen molar-refractivity contribution in [1.29, 1.82) is 0 Å². The Labute approximate surface area is 188 Å². The summed E-state index contributed by atoms with van der Waals surface area (Å²) in [4.78, 5) is 15.6. The van der Waals surface area contributed by atoms with Crippen LogP contribution in [0.4, 0.5) is 23.5 Å². The third-order valence-electron chi connectivity index (χ3n) is 4.76. The molecule has 4 N–H and O–H groups in total. The number of rotatable bonds is 6. The first kappa shape index (κ1) is 20.9. The number of phenols is 2. The zero-order valence-corrected chi connectivity index (χ0v) is 18.2. The number of piperidine rings is 1. The largest absolute Gasteiger partial charge is 0.507 e. The Morgan fingerprint density at radius 1 is 0.935 bits per heavy atom. The van der Waals surface area contributed by atoms with Gasteiger partial charge >= 0.3 is 0 Å². The van der Waals surface area contributed by atoms with Crippen LogP contribution in [0.1, 0.15) is 24.8 Å². The van der Waals surface area contributed by atoms with Gasteiger partial charge in [0.2, 0.25) is 17.8 Å². The molecular weight excluding hydrogens is 462 g/mol. The summed E-state index contributed by atoms with van der Waals surface area (Å²) in [5, 5.41) is 26.9. The third kappa shape index (κ3) is 5.40. The lowest BCUT2D eigenvalue weighted by molar-refractivity contribution is 0.448. The van der Waals surface area contributed by atoms with Crippen molar-refractivity contribution in [2.75, 3.05) is 28.7 Å². The van der Waals surface area contributed by atoms with Gasteiger partial charge in [0.25, 0.3) is 0 Å². The van der Waals surface area contributed by atoms with Crippen LogP contribution >= 0.6 is 15.9 Å². The van der Waals surface area contributed by atoms with Gasteiger partial charge in [-0.25, -0.2) is 5.43 Å². The average Bonchev–Trinajstić information content (AvgIpc) is 2.78. The Balaban J connectivity index is 1.58. The molecule has 3 aromatic rings. The van der Waals surface area contributed by atoms with E-state index in [0.29, 0.717) is 21.9 Å². The van der Waals surface area contributed by atoms with Crippen LogP contribution in [-0.2, 0) is 0 Å². The Bertz CT molecular complexity index is 1070. The number of nitrogens with zero attached hydrogens (tertiary/aromatic N) is 5. The van der Waals surface area contributed by atoms with Gasteiger partial charge in [-0.1, -0.05) is 18.2 Å². The molecule has 0 amide bonds. The van der Waals surface area contributed by atoms with Gasteiger partial charge in [0.1, 0.15) is 11.5 Å². The van der Waals surface area contributed by atoms with Crippen LogP contribution in [0, 0.1) is 0 Å². The predicted octanol–water partition coefficient (Wildman–Crippen LogP) is 4.23. The first-order valence-electron chi connectivity index (χ1n) is 9.92. The highest BCUT2D eigenvalue weighted by atomic mass is 79.9. The second kappa shape index (κ2) is 9.61. The number of hydrogen-bond acceptors (Lipinski definition) is 9. The maximum atomic E-state index is 9.98. The Morgan fingerprint density at radius 2 is 1.68 bits per heavy atom. The highest BCUT2D eigenvalue weighted by Gasteiger charge is 2.16. The number of anilines is 4. The molecule has 0 atom stereocenters. The first-order valence-corrected chi connectivity index (χ1v) is 10.7. The van der Waals surface area contributed by atoms with Crippen molar-refractivity contribution in [2.45, 2.75) is 19.3 Å². The van der Waals surface area contributed by atoms with E-state index in [2.05, 4.69) is 51.6 Å². The van der Waals surface area contributed by atoms with Gasteiger partial charge in [-0.3, -0.25) is 0 Å². The van der Waals surface area contributed by atoms with E-state index >= 15 is 0 Å². The van der Waals surface area contributed by atoms with Crippen LogP contribution in [0.5, 0.6) is 11.5 Å². The highest BCUT2D eigenvalue weighted by molar-refractivity contribution is 9.10. The second-order valence-corrected chi connectivity index (χ2v) is 7.91. The summed E-state index contributed by atoms with van der Waals surface area (Å²) in [6.45, 7) is 1.79. The topological polar surface area (TPSA) is 119 Å². The number of hydrazone groups is 1. The van der Waals surface area contributed by atoms with Crippen LogP contribution in [0.2, 0.25) is 0 Å². The fourth-order valence-electron chi connectivity index (χ4n) is 3.19. The molecule has 0 aliphatic carbocycles. The number of aromatic hydroxyl groups is 2. The molecule has 160 valence electrons. The summed E-state index contributed by atoms with van der Waals surface area (Å²) in [6, 6.07) is 12.5. The number of para-hydroxylation sites is 1. The fraction of sp³-hybridized carbons (Fsp3) is 0.238. The molecule has 0 radical (unpaired) electrons. The Hall–Kier alpha value is -3.40. The summed E-state index contributed by atoms with van der Waals surface area (Å²) >= 11 is 3.22. The molecule has 1 saturated heterocycles. The molecule has 1 aliphatic rings. The lowest BCUT2D eigenvalue weighted by Gasteiger charge is -2.26. The standard InChI is InChI=1S/C21H22BrN7O2/c22-16-11-14(17(30)12-18(16)31)13-23-28-20-25-19(24-15-7-3-1-4-8-15)26-21(27-20)29-9-5-2-6-10-29/h1,3-4,7-8,11-13,30-31H,2,5-6,9-10H2,(H2,24,25,26,27,28). The maximum absolute atomic E-state index is 9.98. The number of phenolic OH excluding ortho intramolecular Hbond substituents is 2. The van der Waals surface area contributed by atoms with Crippen molar-refractivity contribution in [3.8, 4) is 11.5 Å². The van der Waals surface area contributed by atoms with Crippen LogP contribution in [0.25, 0.3) is 0 Å². The number of halogens is 1. The van der Waals surface area contributed by atoms with E-state index in [1.54, 1.807) is 6.07 Å². The number of hydrogen-bond donors (Lipinski definition) is 4. The minimum Gasteiger partial charge on any atom is -0.507 e. The molecule has 1 fully saturated rings. The summed E-state index contributed by atoms with van der Waals surface area (Å²) in [5.74, 6) is 1.13. The Kier molecular flexibility index (Phi) is 6.46. The lowest BCUT2D eigenvalue weighted by Crippen LogP contribution is -2.31. The van der Waals surface area contributed by atoms with Crippen molar-refractivity contribution in [3.05, 3.63) is 52.5 Å². The van der Waals surface area contributed by atoms with Crippen molar-refractivity contribution in [3.63, 3.8) is 0 Å². The molecule has 1 aromatic heterocycles. The minimum atomic E-state index is -0.0951. The summed E-state index contributed by atoms with van der Waals surface area (Å²) in [7, 11) is 0. The van der Waals surface area contributed by atoms with E-state index in [4.69, 9.17) is 0 Å². The zero-order chi connectivity index (χ0) is 21.6. The molecule has 4 rings (SSSR count). The molecule has 31 heavy (non-hydrogen) atoms. The zero-order valence-electron chi connectivity index (χ0n) is 16.7. The van der Waals surface area contributed by atoms with E-state index in [9.17, 15) is 10.2 Å². The molecule has 1 aliphatic heterocycles. The van der Waals surface area contributed by atoms with E-state index in [1.807, 2.05) is 30.3 Å². The molecule has 0 spiro atoms. The van der Waals surface area contributed by atoms with E-state index < -0.39 is 0 Å². The van der Waals surface area contributed by atoms with Gasteiger partial charge in [0, 0.05) is 30.4 Å². The van der Waals surface area contributed by atoms with E-state index in [-0.39, 0.29) is 17.4 Å². The molecule has 9 nitrogen and oxygen atoms in total. The van der Waals surface area contributed by atoms with E-state index in [0.717, 1.165) is 31.6 Å². The summed E-state index contributed by atoms with van der Waals surface area (Å²) in [5.41, 5.74) is 4.10. The normalized spacial score (nSPS) is 14.0. The minimum absolute atomic E-state index is 0.0529. The van der Waals surface area contributed by atoms with Crippen molar-refractivity contribution in [1.82, 2.24) is 15.0 Å². The van der Waals surface area contributed by atoms with Crippen molar-refractivity contribution < 1.29 is 10.2 Å². The molecular formula is C21H22BrN7O2. The fourth-order valence-corrected chi connectivity index (χ4v) is 3.55. The molecule has 2 heterocycles. The van der Waals surface area contributed by atoms with Crippen LogP contribution < -0.4 is 15.6 Å². The predicted molar refractivity (Wildman–Crippen MR) is 124 cm³/mol. The van der Waals surface area contributed by atoms with Gasteiger partial charge in [-0.15, -0.1) is 0 Å². The number of nitrogens with one attached hydrogen (secondary N) is 2. The van der Waals surface area contributed by atoms with Gasteiger partial charge in [-0.05, 0) is 53.4 Å². The maximum Gasteiger partial charge on any atom is 0.250 e. The smallest absolute Gasteiger partial charge is 0.250 e. The van der Waals surface area contributed by atoms with Gasteiger partial charge in [0.15, 0.2) is 0 Å². The van der Waals surface area contributed by atoms with Crippen LogP contribution in [0.3, 0.4) is 0 Å². The van der Waals surface area contributed by atoms with Gasteiger partial charge in [-0.2, -0.15) is 20.1 Å². The lowest BCUT2D eigenvalue weighted by atomic mass is 10.1. The van der Waals surface area contributed by atoms with Gasteiger partial charge < -0.3 is 20.4 Å². The third-order valence-corrected chi connectivity index (χ3v) is 5.39. The monoisotopic (exact) mass is 483 g/mol. The first-order chi connectivity index (χ1) is 15.1. The second-order valence-electron chi connectivity index (χ2n) is 7.05. The van der Waals surface area contributed by atoms with Gasteiger partial charge in [0.05, 0.1) is 10.7 Å². The highest BCUT2D eigenvalue weighted by Crippen LogP contribution is 2.30.